The van der Waals surface area contributed by atoms with E-state index < -0.39 is 16.6 Å². The third-order valence-corrected chi connectivity index (χ3v) is 6.88. The highest BCUT2D eigenvalue weighted by atomic mass is 32.2. The molecule has 0 amide bonds. The Bertz CT molecular complexity index is 1230. The van der Waals surface area contributed by atoms with Gasteiger partial charge in [0, 0.05) is 25.0 Å². The van der Waals surface area contributed by atoms with Gasteiger partial charge in [0.2, 0.25) is 10.0 Å². The van der Waals surface area contributed by atoms with Crippen molar-refractivity contribution in [2.24, 2.45) is 0 Å². The molecule has 0 aliphatic carbocycles. The molecule has 0 unspecified atom stereocenters. The summed E-state index contributed by atoms with van der Waals surface area (Å²) in [6, 6.07) is 13.7. The Kier molecular flexibility index (Phi) is 6.51. The molecule has 0 atom stereocenters. The van der Waals surface area contributed by atoms with Crippen LogP contribution in [0.1, 0.15) is 25.8 Å². The number of sulfonamides is 1. The zero-order valence-electron chi connectivity index (χ0n) is 17.5. The number of rotatable bonds is 8. The smallest absolute Gasteiger partial charge is 0.387 e. The summed E-state index contributed by atoms with van der Waals surface area (Å²) in [5, 5.41) is 10.5. The summed E-state index contributed by atoms with van der Waals surface area (Å²) in [6.45, 7) is 1.19. The molecule has 0 radical (unpaired) electrons. The summed E-state index contributed by atoms with van der Waals surface area (Å²) < 4.78 is 57.3. The highest BCUT2D eigenvalue weighted by molar-refractivity contribution is 7.92. The minimum absolute atomic E-state index is 0.0163. The molecular weight excluding hydrogens is 424 g/mol. The number of alkyl halides is 2. The Morgan fingerprint density at radius 2 is 1.84 bits per heavy atom. The first-order valence-electron chi connectivity index (χ1n) is 9.81. The maximum atomic E-state index is 12.7. The number of hydrogen-bond donors (Lipinski definition) is 0. The fourth-order valence-corrected chi connectivity index (χ4v) is 4.39. The fourth-order valence-electron chi connectivity index (χ4n) is 3.56. The maximum absolute atomic E-state index is 12.7. The molecule has 3 aromatic rings. The van der Waals surface area contributed by atoms with E-state index in [1.54, 1.807) is 37.3 Å². The molecule has 0 spiro atoms. The number of halogens is 2. The number of aryl methyl sites for hydroxylation is 1. The van der Waals surface area contributed by atoms with Crippen LogP contribution in [0.2, 0.25) is 0 Å². The van der Waals surface area contributed by atoms with Crippen molar-refractivity contribution in [2.75, 3.05) is 17.1 Å². The van der Waals surface area contributed by atoms with Gasteiger partial charge in [-0.25, -0.2) is 8.42 Å². The molecule has 6 nitrogen and oxygen atoms in total. The summed E-state index contributed by atoms with van der Waals surface area (Å²) >= 11 is 0. The first kappa shape index (κ1) is 22.6. The minimum atomic E-state index is -3.39. The second-order valence-electron chi connectivity index (χ2n) is 6.96. The van der Waals surface area contributed by atoms with Crippen LogP contribution >= 0.6 is 0 Å². The number of anilines is 1. The van der Waals surface area contributed by atoms with Crippen molar-refractivity contribution in [3.8, 4) is 23.1 Å². The van der Waals surface area contributed by atoms with Gasteiger partial charge < -0.3 is 9.30 Å². The van der Waals surface area contributed by atoms with E-state index in [-0.39, 0.29) is 11.5 Å². The van der Waals surface area contributed by atoms with Gasteiger partial charge in [-0.15, -0.1) is 0 Å². The Hall–Kier alpha value is -3.12. The second kappa shape index (κ2) is 8.94. The normalized spacial score (nSPS) is 11.6. The van der Waals surface area contributed by atoms with Gasteiger partial charge in [0.15, 0.2) is 0 Å². The lowest BCUT2D eigenvalue weighted by Gasteiger charge is -2.19. The van der Waals surface area contributed by atoms with E-state index in [2.05, 4.69) is 10.8 Å². The van der Waals surface area contributed by atoms with Crippen LogP contribution in [0.15, 0.2) is 42.5 Å². The highest BCUT2D eigenvalue weighted by Crippen LogP contribution is 2.36. The Morgan fingerprint density at radius 3 is 2.39 bits per heavy atom. The van der Waals surface area contributed by atoms with Crippen LogP contribution in [0.5, 0.6) is 5.75 Å². The van der Waals surface area contributed by atoms with Gasteiger partial charge in [0.05, 0.1) is 28.2 Å². The van der Waals surface area contributed by atoms with Crippen LogP contribution in [-0.4, -0.2) is 32.4 Å². The van der Waals surface area contributed by atoms with E-state index in [1.165, 1.54) is 23.5 Å². The summed E-state index contributed by atoms with van der Waals surface area (Å²) in [4.78, 5) is 0. The van der Waals surface area contributed by atoms with Crippen molar-refractivity contribution >= 4 is 26.6 Å². The largest absolute Gasteiger partial charge is 0.435 e. The molecule has 3 rings (SSSR count). The molecular formula is C22H23F2N3O3S. The summed E-state index contributed by atoms with van der Waals surface area (Å²) in [5.41, 5.74) is 2.94. The quantitative estimate of drug-likeness (QED) is 0.488. The van der Waals surface area contributed by atoms with Crippen LogP contribution in [-0.2, 0) is 16.6 Å². The maximum Gasteiger partial charge on any atom is 0.387 e. The summed E-state index contributed by atoms with van der Waals surface area (Å²) in [5.74, 6) is 0.00700. The van der Waals surface area contributed by atoms with E-state index >= 15 is 0 Å². The Morgan fingerprint density at radius 1 is 1.16 bits per heavy atom. The molecule has 31 heavy (non-hydrogen) atoms. The molecule has 1 heterocycles. The molecule has 9 heteroatoms. The third kappa shape index (κ3) is 4.35. The highest BCUT2D eigenvalue weighted by Gasteiger charge is 2.21. The minimum Gasteiger partial charge on any atom is -0.435 e. The van der Waals surface area contributed by atoms with Gasteiger partial charge in [-0.2, -0.15) is 14.0 Å². The van der Waals surface area contributed by atoms with Crippen molar-refractivity contribution in [1.29, 1.82) is 5.26 Å². The molecule has 0 fully saturated rings. The molecule has 0 saturated carbocycles. The van der Waals surface area contributed by atoms with Crippen LogP contribution < -0.4 is 9.04 Å². The van der Waals surface area contributed by atoms with Crippen LogP contribution in [0.4, 0.5) is 14.5 Å². The number of nitriles is 1. The number of benzene rings is 2. The van der Waals surface area contributed by atoms with E-state index in [0.717, 1.165) is 12.0 Å². The zero-order valence-corrected chi connectivity index (χ0v) is 18.3. The number of ether oxygens (including phenoxy) is 1. The zero-order chi connectivity index (χ0) is 22.8. The van der Waals surface area contributed by atoms with Gasteiger partial charge >= 0.3 is 6.61 Å². The van der Waals surface area contributed by atoms with Crippen molar-refractivity contribution in [2.45, 2.75) is 33.4 Å². The average Bonchev–Trinajstić information content (AvgIpc) is 3.06. The van der Waals surface area contributed by atoms with Crippen molar-refractivity contribution < 1.29 is 21.9 Å². The van der Waals surface area contributed by atoms with Crippen LogP contribution in [0, 0.1) is 11.3 Å². The number of fused-ring (bicyclic) bond motifs is 1. The molecule has 0 aliphatic rings. The lowest BCUT2D eigenvalue weighted by atomic mass is 10.1. The van der Waals surface area contributed by atoms with Gasteiger partial charge in [0.25, 0.3) is 0 Å². The summed E-state index contributed by atoms with van der Waals surface area (Å²) in [6.07, 6.45) is 0.761. The lowest BCUT2D eigenvalue weighted by molar-refractivity contribution is -0.0497. The first-order valence-corrected chi connectivity index (χ1v) is 11.4. The van der Waals surface area contributed by atoms with E-state index in [4.69, 9.17) is 0 Å². The summed E-state index contributed by atoms with van der Waals surface area (Å²) in [7, 11) is -1.90. The predicted molar refractivity (Wildman–Crippen MR) is 117 cm³/mol. The average molecular weight is 448 g/mol. The standard InChI is InChI=1S/C22H23F2N3O3S/c1-4-12-27-20-13-17(30-22(23)24)10-11-18(20)19(14-25)21(27)15-6-8-16(9-7-15)26(3)31(28,29)5-2/h6-11,13,22H,4-5,12H2,1-3H3. The lowest BCUT2D eigenvalue weighted by Crippen LogP contribution is -2.27. The monoisotopic (exact) mass is 447 g/mol. The van der Waals surface area contributed by atoms with Crippen molar-refractivity contribution in [3.63, 3.8) is 0 Å². The number of nitrogens with zero attached hydrogens (tertiary/aromatic N) is 3. The molecule has 2 aromatic carbocycles. The van der Waals surface area contributed by atoms with Gasteiger partial charge in [-0.3, -0.25) is 4.31 Å². The molecule has 0 N–H and O–H groups in total. The Labute approximate surface area is 180 Å². The molecule has 0 saturated heterocycles. The van der Waals surface area contributed by atoms with Crippen molar-refractivity contribution in [3.05, 3.63) is 48.0 Å². The predicted octanol–water partition coefficient (Wildman–Crippen LogP) is 4.98. The third-order valence-electron chi connectivity index (χ3n) is 5.11. The van der Waals surface area contributed by atoms with Crippen LogP contribution in [0.3, 0.4) is 0 Å². The van der Waals surface area contributed by atoms with E-state index in [0.29, 0.717) is 34.4 Å². The molecule has 0 aliphatic heterocycles. The first-order chi connectivity index (χ1) is 14.7. The molecule has 1 aromatic heterocycles. The number of aromatic nitrogens is 1. The topological polar surface area (TPSA) is 75.3 Å². The van der Waals surface area contributed by atoms with E-state index in [9.17, 15) is 22.5 Å². The second-order valence-corrected chi connectivity index (χ2v) is 9.25. The molecule has 164 valence electrons. The SMILES string of the molecule is CCCn1c(-c2ccc(N(C)S(=O)(=O)CC)cc2)c(C#N)c2ccc(OC(F)F)cc21. The molecule has 0 bridgehead atoms. The van der Waals surface area contributed by atoms with Crippen molar-refractivity contribution in [1.82, 2.24) is 4.57 Å². The van der Waals surface area contributed by atoms with Crippen LogP contribution in [0.25, 0.3) is 22.2 Å². The van der Waals surface area contributed by atoms with Gasteiger partial charge in [0.1, 0.15) is 11.8 Å². The fraction of sp³-hybridized carbons (Fsp3) is 0.318. The van der Waals surface area contributed by atoms with E-state index in [1.807, 2.05) is 11.5 Å². The van der Waals surface area contributed by atoms with Gasteiger partial charge in [-0.1, -0.05) is 19.1 Å². The van der Waals surface area contributed by atoms with Gasteiger partial charge in [-0.05, 0) is 43.2 Å². The number of hydrogen-bond acceptors (Lipinski definition) is 4. The Balaban J connectivity index is 2.17.